The van der Waals surface area contributed by atoms with Gasteiger partial charge in [0.2, 0.25) is 0 Å². The molecule has 0 amide bonds. The summed E-state index contributed by atoms with van der Waals surface area (Å²) in [5.41, 5.74) is 0.236. The molecule has 2 aliphatic heterocycles. The fourth-order valence-corrected chi connectivity index (χ4v) is 3.75. The lowest BCUT2D eigenvalue weighted by molar-refractivity contribution is 0.00203. The molecule has 0 aliphatic carbocycles. The van der Waals surface area contributed by atoms with E-state index >= 15 is 0 Å². The first-order valence-electron chi connectivity index (χ1n) is 9.08. The van der Waals surface area contributed by atoms with Crippen molar-refractivity contribution >= 4 is 0 Å². The minimum Gasteiger partial charge on any atom is -0.395 e. The quantitative estimate of drug-likeness (QED) is 0.664. The van der Waals surface area contributed by atoms with Crippen molar-refractivity contribution in [2.75, 3.05) is 46.1 Å². The number of ether oxygens (including phenoxy) is 2. The molecule has 0 saturated carbocycles. The van der Waals surface area contributed by atoms with Crippen LogP contribution in [0.25, 0.3) is 0 Å². The summed E-state index contributed by atoms with van der Waals surface area (Å²) in [5, 5.41) is 9.39. The highest BCUT2D eigenvalue weighted by Gasteiger charge is 2.38. The molecule has 0 bridgehead atoms. The minimum atomic E-state index is 0.236. The van der Waals surface area contributed by atoms with Gasteiger partial charge in [0.25, 0.3) is 0 Å². The molecule has 0 spiro atoms. The molecule has 22 heavy (non-hydrogen) atoms. The van der Waals surface area contributed by atoms with Crippen molar-refractivity contribution in [2.45, 2.75) is 52.5 Å². The summed E-state index contributed by atoms with van der Waals surface area (Å²) >= 11 is 0. The van der Waals surface area contributed by atoms with Crippen LogP contribution >= 0.6 is 0 Å². The van der Waals surface area contributed by atoms with Crippen molar-refractivity contribution in [3.05, 3.63) is 0 Å². The van der Waals surface area contributed by atoms with Crippen LogP contribution in [0, 0.1) is 17.3 Å². The van der Waals surface area contributed by atoms with Crippen LogP contribution in [0.3, 0.4) is 0 Å². The predicted molar refractivity (Wildman–Crippen MR) is 89.0 cm³/mol. The summed E-state index contributed by atoms with van der Waals surface area (Å²) in [6.07, 6.45) is 4.61. The van der Waals surface area contributed by atoms with Gasteiger partial charge >= 0.3 is 0 Å². The molecule has 2 unspecified atom stereocenters. The van der Waals surface area contributed by atoms with E-state index < -0.39 is 0 Å². The maximum Gasteiger partial charge on any atom is 0.0586 e. The lowest BCUT2D eigenvalue weighted by Crippen LogP contribution is -2.36. The molecule has 4 heteroatoms. The van der Waals surface area contributed by atoms with E-state index in [4.69, 9.17) is 9.47 Å². The fourth-order valence-electron chi connectivity index (χ4n) is 3.75. The molecule has 0 aromatic heterocycles. The Hall–Kier alpha value is -0.160. The van der Waals surface area contributed by atoms with E-state index in [1.165, 1.54) is 6.42 Å². The van der Waals surface area contributed by atoms with Gasteiger partial charge in [-0.2, -0.15) is 0 Å². The third-order valence-corrected chi connectivity index (χ3v) is 5.76. The highest BCUT2D eigenvalue weighted by Crippen LogP contribution is 2.36. The van der Waals surface area contributed by atoms with E-state index in [1.54, 1.807) is 0 Å². The summed E-state index contributed by atoms with van der Waals surface area (Å²) in [4.78, 5) is 2.45. The Labute approximate surface area is 136 Å². The van der Waals surface area contributed by atoms with Gasteiger partial charge in [0, 0.05) is 31.2 Å². The van der Waals surface area contributed by atoms with Crippen LogP contribution in [0.15, 0.2) is 0 Å². The molecule has 0 aromatic rings. The Balaban J connectivity index is 1.63. The Morgan fingerprint density at radius 1 is 1.36 bits per heavy atom. The van der Waals surface area contributed by atoms with Gasteiger partial charge in [-0.1, -0.05) is 20.8 Å². The van der Waals surface area contributed by atoms with Gasteiger partial charge in [0.05, 0.1) is 19.8 Å². The molecular weight excluding hydrogens is 278 g/mol. The second-order valence-electron chi connectivity index (χ2n) is 7.74. The van der Waals surface area contributed by atoms with Crippen LogP contribution in [0.1, 0.15) is 46.5 Å². The van der Waals surface area contributed by atoms with Gasteiger partial charge in [-0.15, -0.1) is 0 Å². The van der Waals surface area contributed by atoms with Gasteiger partial charge < -0.3 is 14.6 Å². The molecule has 3 atom stereocenters. The molecule has 1 N–H and O–H groups in total. The lowest BCUT2D eigenvalue weighted by Gasteiger charge is -2.31. The SMILES string of the molecule is CC(CCOCC1(C(C)C)CCOC1)CN1CCC[C@H]1CO. The third-order valence-electron chi connectivity index (χ3n) is 5.76. The average Bonchev–Trinajstić information content (AvgIpc) is 3.13. The Kier molecular flexibility index (Phi) is 7.13. The molecule has 2 heterocycles. The molecule has 2 fully saturated rings. The average molecular weight is 313 g/mol. The summed E-state index contributed by atoms with van der Waals surface area (Å²) in [5.74, 6) is 1.24. The van der Waals surface area contributed by atoms with Gasteiger partial charge in [-0.05, 0) is 44.1 Å². The number of likely N-dealkylation sites (tertiary alicyclic amines) is 1. The van der Waals surface area contributed by atoms with Gasteiger partial charge in [0.15, 0.2) is 0 Å². The Morgan fingerprint density at radius 3 is 2.82 bits per heavy atom. The number of aliphatic hydroxyl groups excluding tert-OH is 1. The van der Waals surface area contributed by atoms with Crippen LogP contribution in [0.4, 0.5) is 0 Å². The lowest BCUT2D eigenvalue weighted by atomic mass is 9.77. The van der Waals surface area contributed by atoms with E-state index in [-0.39, 0.29) is 5.41 Å². The first-order valence-corrected chi connectivity index (χ1v) is 9.08. The monoisotopic (exact) mass is 313 g/mol. The summed E-state index contributed by atoms with van der Waals surface area (Å²) in [7, 11) is 0. The fraction of sp³-hybridized carbons (Fsp3) is 1.00. The first kappa shape index (κ1) is 18.2. The highest BCUT2D eigenvalue weighted by atomic mass is 16.5. The standard InChI is InChI=1S/C18H35NO3/c1-15(2)18(7-10-22-14-18)13-21-9-6-16(3)11-19-8-4-5-17(19)12-20/h15-17,20H,4-14H2,1-3H3/t16?,17-,18?/m0/s1. The molecule has 2 rings (SSSR count). The van der Waals surface area contributed by atoms with Gasteiger partial charge in [-0.25, -0.2) is 0 Å². The van der Waals surface area contributed by atoms with Crippen molar-refractivity contribution in [1.82, 2.24) is 4.90 Å². The van der Waals surface area contributed by atoms with Crippen LogP contribution < -0.4 is 0 Å². The molecule has 130 valence electrons. The summed E-state index contributed by atoms with van der Waals surface area (Å²) in [6, 6.07) is 0.392. The van der Waals surface area contributed by atoms with E-state index in [9.17, 15) is 5.11 Å². The predicted octanol–water partition coefficient (Wildman–Crippen LogP) is 2.55. The topological polar surface area (TPSA) is 41.9 Å². The number of hydrogen-bond acceptors (Lipinski definition) is 4. The van der Waals surface area contributed by atoms with Crippen molar-refractivity contribution in [3.8, 4) is 0 Å². The zero-order valence-electron chi connectivity index (χ0n) is 14.7. The van der Waals surface area contributed by atoms with E-state index in [0.717, 1.165) is 58.8 Å². The molecular formula is C18H35NO3. The number of hydrogen-bond donors (Lipinski definition) is 1. The van der Waals surface area contributed by atoms with Crippen LogP contribution in [-0.2, 0) is 9.47 Å². The molecule has 2 aliphatic rings. The normalized spacial score (nSPS) is 31.2. The van der Waals surface area contributed by atoms with E-state index in [1.807, 2.05) is 0 Å². The van der Waals surface area contributed by atoms with Crippen LogP contribution in [-0.4, -0.2) is 62.2 Å². The van der Waals surface area contributed by atoms with Crippen LogP contribution in [0.5, 0.6) is 0 Å². The van der Waals surface area contributed by atoms with Crippen molar-refractivity contribution in [2.24, 2.45) is 17.3 Å². The first-order chi connectivity index (χ1) is 10.6. The van der Waals surface area contributed by atoms with E-state index in [2.05, 4.69) is 25.7 Å². The highest BCUT2D eigenvalue weighted by molar-refractivity contribution is 4.86. The Bertz CT molecular complexity index is 315. The second-order valence-corrected chi connectivity index (χ2v) is 7.74. The largest absolute Gasteiger partial charge is 0.395 e. The van der Waals surface area contributed by atoms with Crippen molar-refractivity contribution in [1.29, 1.82) is 0 Å². The second kappa shape index (κ2) is 8.62. The molecule has 0 aromatic carbocycles. The zero-order chi connectivity index (χ0) is 16.0. The maximum absolute atomic E-state index is 9.39. The van der Waals surface area contributed by atoms with Crippen molar-refractivity contribution in [3.63, 3.8) is 0 Å². The molecule has 4 nitrogen and oxygen atoms in total. The van der Waals surface area contributed by atoms with E-state index in [0.29, 0.717) is 24.5 Å². The molecule has 0 radical (unpaired) electrons. The summed E-state index contributed by atoms with van der Waals surface area (Å²) in [6.45, 7) is 12.8. The number of aliphatic hydroxyl groups is 1. The van der Waals surface area contributed by atoms with Crippen molar-refractivity contribution < 1.29 is 14.6 Å². The molecule has 2 saturated heterocycles. The van der Waals surface area contributed by atoms with Crippen LogP contribution in [0.2, 0.25) is 0 Å². The number of rotatable bonds is 9. The zero-order valence-corrected chi connectivity index (χ0v) is 14.7. The smallest absolute Gasteiger partial charge is 0.0586 e. The summed E-state index contributed by atoms with van der Waals surface area (Å²) < 4.78 is 11.6. The Morgan fingerprint density at radius 2 is 2.18 bits per heavy atom. The maximum atomic E-state index is 9.39. The third kappa shape index (κ3) is 4.67. The minimum absolute atomic E-state index is 0.236. The van der Waals surface area contributed by atoms with Gasteiger partial charge in [-0.3, -0.25) is 4.90 Å². The van der Waals surface area contributed by atoms with Gasteiger partial charge in [0.1, 0.15) is 0 Å². The number of nitrogens with zero attached hydrogens (tertiary/aromatic N) is 1.